The predicted octanol–water partition coefficient (Wildman–Crippen LogP) is 2.82. The number of carbonyl (C=O) groups is 1. The lowest BCUT2D eigenvalue weighted by atomic mass is 10.00. The van der Waals surface area contributed by atoms with E-state index in [1.165, 1.54) is 13.4 Å². The van der Waals surface area contributed by atoms with E-state index in [2.05, 4.69) is 20.7 Å². The molecule has 4 rings (SSSR count). The number of nitrogens with zero attached hydrogens (tertiary/aromatic N) is 3. The van der Waals surface area contributed by atoms with E-state index in [9.17, 15) is 4.79 Å². The predicted molar refractivity (Wildman–Crippen MR) is 101 cm³/mol. The van der Waals surface area contributed by atoms with Gasteiger partial charge >= 0.3 is 0 Å². The van der Waals surface area contributed by atoms with Gasteiger partial charge in [0.05, 0.1) is 31.7 Å². The standard InChI is InChI=1S/C19H19N5O4/c1-11-16(18(25)23-13-7-6-12(26-2)9-15(13)27-3)17(14-5-4-8-28-14)24-19(22-11)20-10-21-24/h4-10,17H,1-3H3,(H,23,25)(H,20,21,22). The van der Waals surface area contributed by atoms with E-state index in [1.54, 1.807) is 48.4 Å². The Morgan fingerprint density at radius 3 is 2.86 bits per heavy atom. The molecule has 2 N–H and O–H groups in total. The third-order valence-electron chi connectivity index (χ3n) is 4.51. The molecule has 0 saturated carbocycles. The van der Waals surface area contributed by atoms with Crippen LogP contribution in [0.4, 0.5) is 11.6 Å². The number of fused-ring (bicyclic) bond motifs is 1. The van der Waals surface area contributed by atoms with E-state index >= 15 is 0 Å². The number of ether oxygens (including phenoxy) is 2. The van der Waals surface area contributed by atoms with Gasteiger partial charge in [-0.2, -0.15) is 10.1 Å². The summed E-state index contributed by atoms with van der Waals surface area (Å²) in [6.45, 7) is 1.81. The Labute approximate surface area is 161 Å². The van der Waals surface area contributed by atoms with Crippen molar-refractivity contribution in [2.75, 3.05) is 24.9 Å². The van der Waals surface area contributed by atoms with E-state index in [1.807, 2.05) is 6.92 Å². The van der Waals surface area contributed by atoms with Gasteiger partial charge in [-0.3, -0.25) is 4.79 Å². The van der Waals surface area contributed by atoms with Crippen molar-refractivity contribution < 1.29 is 18.7 Å². The molecule has 3 aromatic rings. The third-order valence-corrected chi connectivity index (χ3v) is 4.51. The zero-order chi connectivity index (χ0) is 19.7. The molecule has 3 heterocycles. The van der Waals surface area contributed by atoms with Crippen LogP contribution in [0.5, 0.6) is 11.5 Å². The molecule has 0 saturated heterocycles. The number of hydrogen-bond donors (Lipinski definition) is 2. The lowest BCUT2D eigenvalue weighted by molar-refractivity contribution is -0.113. The Morgan fingerprint density at radius 1 is 1.29 bits per heavy atom. The molecule has 9 heteroatoms. The van der Waals surface area contributed by atoms with Crippen molar-refractivity contribution >= 4 is 17.5 Å². The molecule has 0 aliphatic carbocycles. The molecule has 1 unspecified atom stereocenters. The van der Waals surface area contributed by atoms with Gasteiger partial charge in [0.2, 0.25) is 5.95 Å². The van der Waals surface area contributed by atoms with Crippen molar-refractivity contribution in [2.45, 2.75) is 13.0 Å². The van der Waals surface area contributed by atoms with Gasteiger partial charge in [0.25, 0.3) is 5.91 Å². The number of carbonyl (C=O) groups excluding carboxylic acids is 1. The topological polar surface area (TPSA) is 103 Å². The minimum atomic E-state index is -0.544. The van der Waals surface area contributed by atoms with E-state index in [-0.39, 0.29) is 5.91 Å². The molecule has 0 fully saturated rings. The van der Waals surface area contributed by atoms with Gasteiger partial charge in [-0.05, 0) is 31.2 Å². The molecule has 1 aliphatic rings. The first kappa shape index (κ1) is 17.7. The van der Waals surface area contributed by atoms with Crippen molar-refractivity contribution in [3.8, 4) is 11.5 Å². The number of methoxy groups -OCH3 is 2. The molecular formula is C19H19N5O4. The molecule has 9 nitrogen and oxygen atoms in total. The number of amides is 1. The van der Waals surface area contributed by atoms with Gasteiger partial charge < -0.3 is 24.5 Å². The summed E-state index contributed by atoms with van der Waals surface area (Å²) in [4.78, 5) is 17.4. The Kier molecular flexibility index (Phi) is 4.48. The maximum atomic E-state index is 13.2. The number of rotatable bonds is 5. The number of nitrogens with one attached hydrogen (secondary N) is 2. The highest BCUT2D eigenvalue weighted by molar-refractivity contribution is 6.06. The molecular weight excluding hydrogens is 362 g/mol. The Bertz CT molecular complexity index is 1040. The summed E-state index contributed by atoms with van der Waals surface area (Å²) in [5.41, 5.74) is 1.65. The van der Waals surface area contributed by atoms with E-state index in [4.69, 9.17) is 13.9 Å². The summed E-state index contributed by atoms with van der Waals surface area (Å²) < 4.78 is 17.8. The lowest BCUT2D eigenvalue weighted by Crippen LogP contribution is -2.31. The van der Waals surface area contributed by atoms with Crippen LogP contribution >= 0.6 is 0 Å². The first-order chi connectivity index (χ1) is 13.6. The van der Waals surface area contributed by atoms with E-state index in [0.717, 1.165) is 0 Å². The highest BCUT2D eigenvalue weighted by Gasteiger charge is 2.35. The largest absolute Gasteiger partial charge is 0.497 e. The van der Waals surface area contributed by atoms with Crippen LogP contribution in [0.25, 0.3) is 0 Å². The number of hydrogen-bond acceptors (Lipinski definition) is 7. The minimum absolute atomic E-state index is 0.309. The maximum absolute atomic E-state index is 13.2. The van der Waals surface area contributed by atoms with Crippen LogP contribution < -0.4 is 20.1 Å². The van der Waals surface area contributed by atoms with Crippen molar-refractivity contribution in [3.05, 3.63) is 60.0 Å². The third kappa shape index (κ3) is 2.96. The van der Waals surface area contributed by atoms with E-state index < -0.39 is 6.04 Å². The summed E-state index contributed by atoms with van der Waals surface area (Å²) in [5.74, 6) is 1.93. The number of benzene rings is 1. The molecule has 1 aliphatic heterocycles. The summed E-state index contributed by atoms with van der Waals surface area (Å²) >= 11 is 0. The summed E-state index contributed by atoms with van der Waals surface area (Å²) in [5, 5.41) is 10.3. The van der Waals surface area contributed by atoms with Crippen LogP contribution in [0.15, 0.2) is 58.6 Å². The number of furan rings is 1. The van der Waals surface area contributed by atoms with Gasteiger partial charge in [0, 0.05) is 11.8 Å². The van der Waals surface area contributed by atoms with Crippen LogP contribution in [-0.2, 0) is 4.79 Å². The van der Waals surface area contributed by atoms with Crippen LogP contribution in [0.3, 0.4) is 0 Å². The second-order valence-electron chi connectivity index (χ2n) is 6.13. The first-order valence-corrected chi connectivity index (χ1v) is 8.56. The normalized spacial score (nSPS) is 15.6. The van der Waals surface area contributed by atoms with Gasteiger partial charge in [-0.25, -0.2) is 4.68 Å². The molecule has 0 spiro atoms. The Balaban J connectivity index is 1.71. The fraction of sp³-hybridized carbons (Fsp3) is 0.211. The quantitative estimate of drug-likeness (QED) is 0.700. The molecule has 0 bridgehead atoms. The van der Waals surface area contributed by atoms with Crippen LogP contribution in [0.2, 0.25) is 0 Å². The molecule has 1 amide bonds. The molecule has 144 valence electrons. The molecule has 1 aromatic carbocycles. The fourth-order valence-electron chi connectivity index (χ4n) is 3.19. The fourth-order valence-corrected chi connectivity index (χ4v) is 3.19. The lowest BCUT2D eigenvalue weighted by Gasteiger charge is -2.27. The number of anilines is 2. The molecule has 28 heavy (non-hydrogen) atoms. The van der Waals surface area contributed by atoms with Crippen LogP contribution in [-0.4, -0.2) is 34.9 Å². The maximum Gasteiger partial charge on any atom is 0.256 e. The Morgan fingerprint density at radius 2 is 2.14 bits per heavy atom. The molecule has 1 atom stereocenters. The molecule has 0 radical (unpaired) electrons. The van der Waals surface area contributed by atoms with Crippen molar-refractivity contribution in [1.82, 2.24) is 14.8 Å². The summed E-state index contributed by atoms with van der Waals surface area (Å²) in [6, 6.07) is 8.21. The minimum Gasteiger partial charge on any atom is -0.497 e. The number of aromatic nitrogens is 3. The van der Waals surface area contributed by atoms with Crippen LogP contribution in [0.1, 0.15) is 18.7 Å². The monoisotopic (exact) mass is 381 g/mol. The highest BCUT2D eigenvalue weighted by atomic mass is 16.5. The van der Waals surface area contributed by atoms with Gasteiger partial charge in [-0.15, -0.1) is 0 Å². The second kappa shape index (κ2) is 7.10. The smallest absolute Gasteiger partial charge is 0.256 e. The second-order valence-corrected chi connectivity index (χ2v) is 6.13. The van der Waals surface area contributed by atoms with Crippen LogP contribution in [0, 0.1) is 0 Å². The van der Waals surface area contributed by atoms with Gasteiger partial charge in [0.1, 0.15) is 29.6 Å². The SMILES string of the molecule is COc1ccc(NC(=O)C2=C(C)Nc3ncnn3C2c2ccco2)c(OC)c1. The summed E-state index contributed by atoms with van der Waals surface area (Å²) in [7, 11) is 3.10. The first-order valence-electron chi connectivity index (χ1n) is 8.56. The Hall–Kier alpha value is -3.75. The molecule has 2 aromatic heterocycles. The zero-order valence-electron chi connectivity index (χ0n) is 15.6. The van der Waals surface area contributed by atoms with Gasteiger partial charge in [0.15, 0.2) is 0 Å². The highest BCUT2D eigenvalue weighted by Crippen LogP contribution is 2.36. The van der Waals surface area contributed by atoms with E-state index in [0.29, 0.717) is 40.2 Å². The van der Waals surface area contributed by atoms with Gasteiger partial charge in [-0.1, -0.05) is 0 Å². The van der Waals surface area contributed by atoms with Crippen molar-refractivity contribution in [1.29, 1.82) is 0 Å². The van der Waals surface area contributed by atoms with Crippen molar-refractivity contribution in [2.24, 2.45) is 0 Å². The summed E-state index contributed by atoms with van der Waals surface area (Å²) in [6.07, 6.45) is 2.99. The average Bonchev–Trinajstić information content (AvgIpc) is 3.38. The average molecular weight is 381 g/mol. The zero-order valence-corrected chi connectivity index (χ0v) is 15.6. The van der Waals surface area contributed by atoms with Crippen molar-refractivity contribution in [3.63, 3.8) is 0 Å². The number of allylic oxidation sites excluding steroid dienone is 1.